The fourth-order valence-corrected chi connectivity index (χ4v) is 4.01. The smallest absolute Gasteiger partial charge is 0.261 e. The van der Waals surface area contributed by atoms with Crippen molar-refractivity contribution in [2.75, 3.05) is 13.7 Å². The van der Waals surface area contributed by atoms with Crippen molar-refractivity contribution in [1.29, 1.82) is 0 Å². The number of aryl methyl sites for hydroxylation is 1. The van der Waals surface area contributed by atoms with Crippen molar-refractivity contribution in [3.05, 3.63) is 70.8 Å². The molecule has 1 saturated heterocycles. The Kier molecular flexibility index (Phi) is 5.10. The van der Waals surface area contributed by atoms with Gasteiger partial charge >= 0.3 is 0 Å². The van der Waals surface area contributed by atoms with Crippen LogP contribution in [-0.2, 0) is 0 Å². The van der Waals surface area contributed by atoms with E-state index in [9.17, 15) is 4.79 Å². The molecule has 1 unspecified atom stereocenters. The number of para-hydroxylation sites is 1. The number of nitrogens with zero attached hydrogens (tertiary/aromatic N) is 6. The van der Waals surface area contributed by atoms with Gasteiger partial charge in [-0.1, -0.05) is 34.5 Å². The second-order valence-corrected chi connectivity index (χ2v) is 7.83. The van der Waals surface area contributed by atoms with Crippen LogP contribution < -0.4 is 4.74 Å². The summed E-state index contributed by atoms with van der Waals surface area (Å²) >= 11 is 6.21. The SMILES string of the molecule is COc1c(Cl)cccc1-c1nc(C2CCN2C(=O)c2cc(C)ccc2-n2nccn2)no1. The van der Waals surface area contributed by atoms with E-state index < -0.39 is 0 Å². The molecule has 4 aromatic rings. The zero-order valence-corrected chi connectivity index (χ0v) is 18.2. The van der Waals surface area contributed by atoms with Crippen LogP contribution in [0.3, 0.4) is 0 Å². The van der Waals surface area contributed by atoms with Gasteiger partial charge in [-0.3, -0.25) is 4.79 Å². The largest absolute Gasteiger partial charge is 0.494 e. The van der Waals surface area contributed by atoms with Crippen LogP contribution in [0.25, 0.3) is 17.1 Å². The molecule has 1 atom stereocenters. The molecule has 9 nitrogen and oxygen atoms in total. The number of aromatic nitrogens is 5. The van der Waals surface area contributed by atoms with Gasteiger partial charge in [0.15, 0.2) is 5.82 Å². The Morgan fingerprint density at radius 1 is 1.22 bits per heavy atom. The molecule has 1 amide bonds. The molecule has 0 saturated carbocycles. The summed E-state index contributed by atoms with van der Waals surface area (Å²) in [5.74, 6) is 1.05. The molecule has 2 aromatic heterocycles. The molecule has 0 spiro atoms. The van der Waals surface area contributed by atoms with Crippen LogP contribution in [0.1, 0.15) is 34.2 Å². The van der Waals surface area contributed by atoms with E-state index in [0.29, 0.717) is 40.0 Å². The normalized spacial score (nSPS) is 15.5. The number of rotatable bonds is 5. The van der Waals surface area contributed by atoms with Crippen LogP contribution in [0.4, 0.5) is 0 Å². The molecule has 1 aliphatic heterocycles. The van der Waals surface area contributed by atoms with Gasteiger partial charge in [0.2, 0.25) is 0 Å². The van der Waals surface area contributed by atoms with E-state index in [-0.39, 0.29) is 17.8 Å². The monoisotopic (exact) mass is 450 g/mol. The lowest BCUT2D eigenvalue weighted by Crippen LogP contribution is -2.46. The van der Waals surface area contributed by atoms with Crippen molar-refractivity contribution in [2.45, 2.75) is 19.4 Å². The Morgan fingerprint density at radius 3 is 2.75 bits per heavy atom. The molecule has 0 bridgehead atoms. The number of methoxy groups -OCH3 is 1. The van der Waals surface area contributed by atoms with Crippen LogP contribution >= 0.6 is 11.6 Å². The number of ether oxygens (including phenoxy) is 1. The van der Waals surface area contributed by atoms with Gasteiger partial charge in [0.1, 0.15) is 5.75 Å². The molecule has 0 N–H and O–H groups in total. The standard InChI is InChI=1S/C22H19ClN6O3/c1-13-6-7-17(29-24-9-10-25-29)15(12-13)22(30)28-11-8-18(28)20-26-21(32-27-20)14-4-3-5-16(23)19(14)31-2/h3-7,9-10,12,18H,8,11H2,1-2H3. The minimum absolute atomic E-state index is 0.135. The molecule has 5 rings (SSSR count). The number of hydrogen-bond donors (Lipinski definition) is 0. The van der Waals surface area contributed by atoms with E-state index in [1.54, 1.807) is 35.5 Å². The summed E-state index contributed by atoms with van der Waals surface area (Å²) in [7, 11) is 1.53. The Bertz CT molecular complexity index is 1290. The second kappa shape index (κ2) is 8.08. The first kappa shape index (κ1) is 20.2. The van der Waals surface area contributed by atoms with Crippen molar-refractivity contribution >= 4 is 17.5 Å². The van der Waals surface area contributed by atoms with E-state index in [0.717, 1.165) is 12.0 Å². The summed E-state index contributed by atoms with van der Waals surface area (Å²) in [6.07, 6.45) is 3.88. The zero-order valence-electron chi connectivity index (χ0n) is 17.4. The number of benzene rings is 2. The van der Waals surface area contributed by atoms with Crippen LogP contribution in [0.2, 0.25) is 5.02 Å². The van der Waals surface area contributed by atoms with E-state index in [1.807, 2.05) is 25.1 Å². The summed E-state index contributed by atoms with van der Waals surface area (Å²) in [6, 6.07) is 10.6. The fraction of sp³-hybridized carbons (Fsp3) is 0.227. The lowest BCUT2D eigenvalue weighted by molar-refractivity contribution is 0.0435. The number of hydrogen-bond acceptors (Lipinski definition) is 7. The maximum Gasteiger partial charge on any atom is 0.261 e. The van der Waals surface area contributed by atoms with Gasteiger partial charge < -0.3 is 14.2 Å². The first-order valence-corrected chi connectivity index (χ1v) is 10.4. The number of carbonyl (C=O) groups excluding carboxylic acids is 1. The van der Waals surface area contributed by atoms with Crippen LogP contribution in [-0.4, -0.2) is 49.6 Å². The number of halogens is 1. The Morgan fingerprint density at radius 2 is 2.03 bits per heavy atom. The second-order valence-electron chi connectivity index (χ2n) is 7.42. The fourth-order valence-electron chi connectivity index (χ4n) is 3.75. The third kappa shape index (κ3) is 3.40. The third-order valence-electron chi connectivity index (χ3n) is 5.44. The maximum atomic E-state index is 13.4. The van der Waals surface area contributed by atoms with E-state index in [1.165, 1.54) is 11.9 Å². The van der Waals surface area contributed by atoms with Gasteiger partial charge in [0.25, 0.3) is 11.8 Å². The van der Waals surface area contributed by atoms with Crippen LogP contribution in [0, 0.1) is 6.92 Å². The molecule has 1 aliphatic rings. The summed E-state index contributed by atoms with van der Waals surface area (Å²) in [6.45, 7) is 2.53. The van der Waals surface area contributed by atoms with Crippen LogP contribution in [0.5, 0.6) is 5.75 Å². The molecular weight excluding hydrogens is 432 g/mol. The first-order valence-electron chi connectivity index (χ1n) is 10.0. The van der Waals surface area contributed by atoms with Gasteiger partial charge in [-0.2, -0.15) is 20.0 Å². The van der Waals surface area contributed by atoms with Gasteiger partial charge in [-0.25, -0.2) is 0 Å². The van der Waals surface area contributed by atoms with Crippen molar-refractivity contribution in [2.24, 2.45) is 0 Å². The predicted molar refractivity (Wildman–Crippen MR) is 116 cm³/mol. The van der Waals surface area contributed by atoms with E-state index >= 15 is 0 Å². The van der Waals surface area contributed by atoms with Crippen molar-refractivity contribution in [1.82, 2.24) is 30.0 Å². The van der Waals surface area contributed by atoms with Crippen molar-refractivity contribution < 1.29 is 14.1 Å². The van der Waals surface area contributed by atoms with E-state index in [4.69, 9.17) is 20.9 Å². The van der Waals surface area contributed by atoms with Crippen molar-refractivity contribution in [3.63, 3.8) is 0 Å². The lowest BCUT2D eigenvalue weighted by atomic mass is 9.99. The molecule has 0 radical (unpaired) electrons. The molecular formula is C22H19ClN6O3. The molecule has 1 fully saturated rings. The van der Waals surface area contributed by atoms with Gasteiger partial charge in [-0.05, 0) is 37.6 Å². The minimum Gasteiger partial charge on any atom is -0.494 e. The van der Waals surface area contributed by atoms with E-state index in [2.05, 4.69) is 20.3 Å². The quantitative estimate of drug-likeness (QED) is 0.455. The van der Waals surface area contributed by atoms with Crippen LogP contribution in [0.15, 0.2) is 53.3 Å². The highest BCUT2D eigenvalue weighted by molar-refractivity contribution is 6.32. The van der Waals surface area contributed by atoms with Gasteiger partial charge in [0.05, 0.1) is 47.4 Å². The molecule has 0 aliphatic carbocycles. The number of likely N-dealkylation sites (tertiary alicyclic amines) is 1. The summed E-state index contributed by atoms with van der Waals surface area (Å²) < 4.78 is 10.9. The molecule has 10 heteroatoms. The molecule has 32 heavy (non-hydrogen) atoms. The molecule has 2 aromatic carbocycles. The molecule has 162 valence electrons. The van der Waals surface area contributed by atoms with Gasteiger partial charge in [-0.15, -0.1) is 0 Å². The first-order chi connectivity index (χ1) is 15.6. The highest BCUT2D eigenvalue weighted by atomic mass is 35.5. The minimum atomic E-state index is -0.288. The lowest BCUT2D eigenvalue weighted by Gasteiger charge is -2.39. The summed E-state index contributed by atoms with van der Waals surface area (Å²) in [5.41, 5.74) is 2.71. The topological polar surface area (TPSA) is 99.2 Å². The Labute approximate surface area is 188 Å². The third-order valence-corrected chi connectivity index (χ3v) is 5.74. The van der Waals surface area contributed by atoms with Crippen molar-refractivity contribution in [3.8, 4) is 22.9 Å². The number of amides is 1. The zero-order chi connectivity index (χ0) is 22.2. The number of carbonyl (C=O) groups is 1. The predicted octanol–water partition coefficient (Wildman–Crippen LogP) is 3.87. The average Bonchev–Trinajstić information content (AvgIpc) is 3.45. The highest BCUT2D eigenvalue weighted by Crippen LogP contribution is 2.38. The highest BCUT2D eigenvalue weighted by Gasteiger charge is 2.38. The average molecular weight is 451 g/mol. The van der Waals surface area contributed by atoms with Gasteiger partial charge in [0, 0.05) is 6.54 Å². The Balaban J connectivity index is 1.44. The summed E-state index contributed by atoms with van der Waals surface area (Å²) in [4.78, 5) is 21.1. The molecule has 3 heterocycles. The Hall–Kier alpha value is -3.72. The maximum absolute atomic E-state index is 13.4. The summed E-state index contributed by atoms with van der Waals surface area (Å²) in [5, 5.41) is 12.9.